The maximum atomic E-state index is 12.2. The number of halogens is 2. The van der Waals surface area contributed by atoms with Crippen molar-refractivity contribution in [2.75, 3.05) is 6.54 Å². The number of benzene rings is 2. The average molecular weight is 495 g/mol. The highest BCUT2D eigenvalue weighted by atomic mass is 35.5. The molecule has 0 aliphatic rings. The normalized spacial score (nSPS) is 10.8. The van der Waals surface area contributed by atoms with Crippen LogP contribution < -0.4 is 5.32 Å². The summed E-state index contributed by atoms with van der Waals surface area (Å²) in [6, 6.07) is 20.0. The van der Waals surface area contributed by atoms with E-state index in [4.69, 9.17) is 33.4 Å². The van der Waals surface area contributed by atoms with Crippen LogP contribution in [0.5, 0.6) is 0 Å². The van der Waals surface area contributed by atoms with Crippen LogP contribution in [0, 0.1) is 0 Å². The van der Waals surface area contributed by atoms with E-state index in [9.17, 15) is 9.59 Å². The van der Waals surface area contributed by atoms with Gasteiger partial charge in [0.2, 0.25) is 0 Å². The first-order valence-electron chi connectivity index (χ1n) is 10.4. The molecule has 34 heavy (non-hydrogen) atoms. The molecule has 0 unspecified atom stereocenters. The number of aliphatic carboxylic acids is 1. The summed E-state index contributed by atoms with van der Waals surface area (Å²) in [6.07, 6.45) is 1.60. The quantitative estimate of drug-likeness (QED) is 0.352. The lowest BCUT2D eigenvalue weighted by Gasteiger charge is -2.08. The lowest BCUT2D eigenvalue weighted by atomic mass is 10.1. The Labute approximate surface area is 206 Å². The van der Waals surface area contributed by atoms with E-state index in [1.54, 1.807) is 36.5 Å². The monoisotopic (exact) mass is 494 g/mol. The Morgan fingerprint density at radius 1 is 0.941 bits per heavy atom. The molecule has 4 rings (SSSR count). The molecule has 0 fully saturated rings. The van der Waals surface area contributed by atoms with E-state index >= 15 is 0 Å². The Bertz CT molecular complexity index is 1300. The molecule has 1 amide bonds. The Kier molecular flexibility index (Phi) is 7.25. The number of carboxylic acid groups (broad SMARTS) is 1. The van der Waals surface area contributed by atoms with Gasteiger partial charge in [0.15, 0.2) is 0 Å². The van der Waals surface area contributed by atoms with Crippen molar-refractivity contribution in [1.82, 2.24) is 20.1 Å². The number of carbonyl (C=O) groups excluding carboxylic acids is 1. The van der Waals surface area contributed by atoms with Crippen LogP contribution in [0.25, 0.3) is 22.6 Å². The first-order valence-corrected chi connectivity index (χ1v) is 11.2. The molecule has 0 radical (unpaired) electrons. The maximum absolute atomic E-state index is 12.2. The first kappa shape index (κ1) is 23.5. The lowest BCUT2D eigenvalue weighted by molar-refractivity contribution is -0.136. The highest BCUT2D eigenvalue weighted by molar-refractivity contribution is 6.35. The second-order valence-corrected chi connectivity index (χ2v) is 8.42. The number of hydrogen-bond acceptors (Lipinski definition) is 4. The zero-order chi connectivity index (χ0) is 24.1. The Hall–Kier alpha value is -3.68. The highest BCUT2D eigenvalue weighted by Gasteiger charge is 2.14. The van der Waals surface area contributed by atoms with Crippen molar-refractivity contribution in [3.8, 4) is 22.6 Å². The van der Waals surface area contributed by atoms with Gasteiger partial charge in [-0.3, -0.25) is 19.3 Å². The first-order chi connectivity index (χ1) is 16.4. The van der Waals surface area contributed by atoms with E-state index in [0.717, 1.165) is 22.5 Å². The molecule has 0 atom stereocenters. The van der Waals surface area contributed by atoms with Gasteiger partial charge in [-0.25, -0.2) is 0 Å². The molecule has 2 heterocycles. The minimum Gasteiger partial charge on any atom is -0.481 e. The van der Waals surface area contributed by atoms with Gasteiger partial charge < -0.3 is 10.4 Å². The molecule has 2 aromatic carbocycles. The van der Waals surface area contributed by atoms with Gasteiger partial charge in [0, 0.05) is 33.9 Å². The van der Waals surface area contributed by atoms with Crippen molar-refractivity contribution in [1.29, 1.82) is 0 Å². The third-order valence-electron chi connectivity index (χ3n) is 5.04. The second kappa shape index (κ2) is 10.5. The fourth-order valence-electron chi connectivity index (χ4n) is 3.42. The minimum atomic E-state index is -0.960. The van der Waals surface area contributed by atoms with Gasteiger partial charge in [0.05, 0.1) is 30.0 Å². The number of rotatable bonds is 8. The predicted octanol–water partition coefficient (Wildman–Crippen LogP) is 5.17. The third-order valence-corrected chi connectivity index (χ3v) is 5.47. The molecule has 0 aliphatic heterocycles. The number of aromatic nitrogens is 3. The van der Waals surface area contributed by atoms with Crippen LogP contribution in [0.3, 0.4) is 0 Å². The van der Waals surface area contributed by atoms with E-state index in [1.165, 1.54) is 0 Å². The summed E-state index contributed by atoms with van der Waals surface area (Å²) in [5, 5.41) is 17.1. The number of carbonyl (C=O) groups is 2. The van der Waals surface area contributed by atoms with E-state index < -0.39 is 5.97 Å². The molecule has 0 spiro atoms. The standard InChI is InChI=1S/C25H20Cl2N4O3/c26-19-11-18(12-20(27)13-19)22-14-23(21-3-1-2-9-28-21)31(30-22)15-16-4-6-17(7-5-16)25(34)29-10-8-24(32)33/h1-7,9,11-14H,8,10,15H2,(H,29,34)(H,32,33). The van der Waals surface area contributed by atoms with Crippen LogP contribution in [0.2, 0.25) is 10.0 Å². The van der Waals surface area contributed by atoms with Crippen molar-refractivity contribution in [2.45, 2.75) is 13.0 Å². The third kappa shape index (κ3) is 5.81. The number of nitrogens with one attached hydrogen (secondary N) is 1. The van der Waals surface area contributed by atoms with Gasteiger partial charge in [-0.05, 0) is 54.1 Å². The maximum Gasteiger partial charge on any atom is 0.305 e. The molecule has 0 saturated carbocycles. The Morgan fingerprint density at radius 3 is 2.32 bits per heavy atom. The number of amides is 1. The van der Waals surface area contributed by atoms with Crippen molar-refractivity contribution in [3.05, 3.63) is 94.1 Å². The van der Waals surface area contributed by atoms with Gasteiger partial charge in [-0.2, -0.15) is 5.10 Å². The lowest BCUT2D eigenvalue weighted by Crippen LogP contribution is -2.25. The summed E-state index contributed by atoms with van der Waals surface area (Å²) in [4.78, 5) is 27.3. The topological polar surface area (TPSA) is 97.1 Å². The van der Waals surface area contributed by atoms with E-state index in [0.29, 0.717) is 27.8 Å². The van der Waals surface area contributed by atoms with Crippen LogP contribution in [-0.4, -0.2) is 38.3 Å². The summed E-state index contributed by atoms with van der Waals surface area (Å²) >= 11 is 12.4. The van der Waals surface area contributed by atoms with Crippen LogP contribution in [-0.2, 0) is 11.3 Å². The van der Waals surface area contributed by atoms with Gasteiger partial charge in [0.25, 0.3) is 5.91 Å². The minimum absolute atomic E-state index is 0.0763. The van der Waals surface area contributed by atoms with Gasteiger partial charge in [-0.1, -0.05) is 41.4 Å². The van der Waals surface area contributed by atoms with Crippen molar-refractivity contribution in [3.63, 3.8) is 0 Å². The number of hydrogen-bond donors (Lipinski definition) is 2. The van der Waals surface area contributed by atoms with E-state index in [2.05, 4.69) is 10.3 Å². The molecule has 172 valence electrons. The number of pyridine rings is 1. The molecule has 4 aromatic rings. The van der Waals surface area contributed by atoms with Crippen LogP contribution in [0.1, 0.15) is 22.3 Å². The average Bonchev–Trinajstić information content (AvgIpc) is 3.23. The molecule has 2 N–H and O–H groups in total. The summed E-state index contributed by atoms with van der Waals surface area (Å²) in [7, 11) is 0. The summed E-state index contributed by atoms with van der Waals surface area (Å²) in [6.45, 7) is 0.522. The van der Waals surface area contributed by atoms with Crippen molar-refractivity contribution < 1.29 is 14.7 Å². The fourth-order valence-corrected chi connectivity index (χ4v) is 3.95. The molecule has 2 aromatic heterocycles. The van der Waals surface area contributed by atoms with Gasteiger partial charge in [0.1, 0.15) is 0 Å². The van der Waals surface area contributed by atoms with Crippen molar-refractivity contribution >= 4 is 35.1 Å². The molecular weight excluding hydrogens is 475 g/mol. The number of carboxylic acids is 1. The van der Waals surface area contributed by atoms with Crippen LogP contribution in [0.4, 0.5) is 0 Å². The Balaban J connectivity index is 1.60. The summed E-state index contributed by atoms with van der Waals surface area (Å²) in [5.41, 5.74) is 4.47. The van der Waals surface area contributed by atoms with E-state index in [1.807, 2.05) is 41.1 Å². The molecule has 9 heteroatoms. The van der Waals surface area contributed by atoms with Gasteiger partial charge in [-0.15, -0.1) is 0 Å². The zero-order valence-electron chi connectivity index (χ0n) is 17.9. The Morgan fingerprint density at radius 2 is 1.68 bits per heavy atom. The highest BCUT2D eigenvalue weighted by Crippen LogP contribution is 2.30. The second-order valence-electron chi connectivity index (χ2n) is 7.54. The molecule has 0 aliphatic carbocycles. The molecule has 7 nitrogen and oxygen atoms in total. The van der Waals surface area contributed by atoms with Crippen LogP contribution >= 0.6 is 23.2 Å². The summed E-state index contributed by atoms with van der Waals surface area (Å²) < 4.78 is 1.84. The zero-order valence-corrected chi connectivity index (χ0v) is 19.4. The van der Waals surface area contributed by atoms with E-state index in [-0.39, 0.29) is 18.9 Å². The smallest absolute Gasteiger partial charge is 0.305 e. The molecule has 0 saturated heterocycles. The predicted molar refractivity (Wildman–Crippen MR) is 131 cm³/mol. The van der Waals surface area contributed by atoms with Crippen molar-refractivity contribution in [2.24, 2.45) is 0 Å². The SMILES string of the molecule is O=C(O)CCNC(=O)c1ccc(Cn2nc(-c3cc(Cl)cc(Cl)c3)cc2-c2ccccn2)cc1. The molecule has 0 bridgehead atoms. The molecular formula is C25H20Cl2N4O3. The van der Waals surface area contributed by atoms with Gasteiger partial charge >= 0.3 is 5.97 Å². The summed E-state index contributed by atoms with van der Waals surface area (Å²) in [5.74, 6) is -1.28. The fraction of sp³-hybridized carbons (Fsp3) is 0.120. The number of nitrogens with zero attached hydrogens (tertiary/aromatic N) is 3. The largest absolute Gasteiger partial charge is 0.481 e. The van der Waals surface area contributed by atoms with Crippen LogP contribution in [0.15, 0.2) is 72.9 Å².